The standard InChI is InChI=1S/C30H31ClN2O5.C23H25NO6.C7H8ClN/c1-18-15-19(13-14-25(18)31)32-28(35)26(16-27(34)38-30(2,3)4)33-29(36)37-17-24-22-11-7-5-9-20(22)21-10-6-8-12-23(21)24;1-23(2,3)30-20(25)12-19(21(26)27)24-22(28)29-13-18-16-10-6-4-8-14(16)15-9-5-7-11-17(15)18;1-5-4-6(9)2-3-7(5)8/h5-15,24,26H,16-17H2,1-4H3,(H,32,35)(H,33,36);4-11,18-19H,12-13H2,1-3H3,(H,24,28)(H,26,27);2-4H,9H2,1H3/t26-;19-;/m00./s1. The van der Waals surface area contributed by atoms with Crippen molar-refractivity contribution in [2.75, 3.05) is 24.3 Å². The largest absolute Gasteiger partial charge is 0.480 e. The second-order valence-electron chi connectivity index (χ2n) is 20.4. The molecule has 0 heterocycles. The summed E-state index contributed by atoms with van der Waals surface area (Å²) in [5, 5.41) is 18.2. The molecule has 2 aliphatic carbocycles. The van der Waals surface area contributed by atoms with Crippen LogP contribution in [0.1, 0.15) is 99.6 Å². The maximum Gasteiger partial charge on any atom is 0.407 e. The topological polar surface area (TPSA) is 222 Å². The molecule has 0 aliphatic heterocycles. The number of anilines is 2. The minimum Gasteiger partial charge on any atom is -0.480 e. The molecule has 0 saturated carbocycles. The lowest BCUT2D eigenvalue weighted by molar-refractivity contribution is -0.158. The van der Waals surface area contributed by atoms with Gasteiger partial charge >= 0.3 is 30.1 Å². The zero-order chi connectivity index (χ0) is 56.2. The van der Waals surface area contributed by atoms with Crippen molar-refractivity contribution >= 4 is 70.6 Å². The van der Waals surface area contributed by atoms with E-state index in [9.17, 15) is 33.9 Å². The number of nitrogens with one attached hydrogen (secondary N) is 3. The lowest BCUT2D eigenvalue weighted by Gasteiger charge is -2.23. The summed E-state index contributed by atoms with van der Waals surface area (Å²) in [5.74, 6) is -3.53. The predicted molar refractivity (Wildman–Crippen MR) is 298 cm³/mol. The second-order valence-corrected chi connectivity index (χ2v) is 21.2. The SMILES string of the molecule is CC(C)(C)OC(=O)C[C@H](NC(=O)OCC1c2ccccc2-c2ccccc21)C(=O)O.Cc1cc(N)ccc1Cl.Cc1cc(NC(=O)[C@H](CC(=O)OC(C)(C)C)NC(=O)OCC2c3ccccc3-c3ccccc32)ccc1Cl. The smallest absolute Gasteiger partial charge is 0.407 e. The fraction of sp³-hybridized carbons (Fsp3) is 0.300. The van der Waals surface area contributed by atoms with E-state index in [2.05, 4.69) is 16.0 Å². The van der Waals surface area contributed by atoms with Crippen LogP contribution in [-0.4, -0.2) is 77.6 Å². The van der Waals surface area contributed by atoms with E-state index in [1.54, 1.807) is 71.9 Å². The van der Waals surface area contributed by atoms with Crippen LogP contribution < -0.4 is 21.7 Å². The third-order valence-corrected chi connectivity index (χ3v) is 12.9. The van der Waals surface area contributed by atoms with E-state index < -0.39 is 65.7 Å². The molecule has 3 amide bonds. The normalized spacial score (nSPS) is 13.0. The van der Waals surface area contributed by atoms with Gasteiger partial charge in [0, 0.05) is 33.3 Å². The maximum atomic E-state index is 13.1. The lowest BCUT2D eigenvalue weighted by atomic mass is 9.98. The maximum absolute atomic E-state index is 13.1. The average molecular weight is 1090 g/mol. The van der Waals surface area contributed by atoms with Crippen LogP contribution in [0, 0.1) is 13.8 Å². The molecule has 404 valence electrons. The first-order valence-corrected chi connectivity index (χ1v) is 25.6. The van der Waals surface area contributed by atoms with Gasteiger partial charge in [-0.2, -0.15) is 0 Å². The number of carboxylic acid groups (broad SMARTS) is 1. The van der Waals surface area contributed by atoms with Gasteiger partial charge in [-0.1, -0.05) is 120 Å². The Morgan fingerprint density at radius 1 is 0.545 bits per heavy atom. The number of carboxylic acids is 1. The minimum atomic E-state index is -1.43. The molecule has 17 heteroatoms. The van der Waals surface area contributed by atoms with Gasteiger partial charge in [-0.3, -0.25) is 14.4 Å². The molecule has 0 saturated heterocycles. The first-order valence-electron chi connectivity index (χ1n) is 24.9. The summed E-state index contributed by atoms with van der Waals surface area (Å²) in [7, 11) is 0. The van der Waals surface area contributed by atoms with Gasteiger partial charge in [0.25, 0.3) is 0 Å². The highest BCUT2D eigenvalue weighted by atomic mass is 35.5. The van der Waals surface area contributed by atoms with E-state index in [0.717, 1.165) is 66.3 Å². The zero-order valence-corrected chi connectivity index (χ0v) is 45.7. The Morgan fingerprint density at radius 2 is 0.909 bits per heavy atom. The van der Waals surface area contributed by atoms with Crippen molar-refractivity contribution in [1.82, 2.24) is 10.6 Å². The Morgan fingerprint density at radius 3 is 1.27 bits per heavy atom. The highest BCUT2D eigenvalue weighted by molar-refractivity contribution is 6.31. The quantitative estimate of drug-likeness (QED) is 0.0414. The van der Waals surface area contributed by atoms with Crippen LogP contribution in [0.5, 0.6) is 0 Å². The van der Waals surface area contributed by atoms with Crippen LogP contribution in [0.3, 0.4) is 0 Å². The van der Waals surface area contributed by atoms with Crippen molar-refractivity contribution in [1.29, 1.82) is 0 Å². The first kappa shape index (κ1) is 58.4. The Labute approximate surface area is 458 Å². The van der Waals surface area contributed by atoms with Crippen LogP contribution in [-0.2, 0) is 38.1 Å². The predicted octanol–water partition coefficient (Wildman–Crippen LogP) is 12.2. The van der Waals surface area contributed by atoms with Crippen molar-refractivity contribution < 1.29 is 52.8 Å². The average Bonchev–Trinajstić information content (AvgIpc) is 3.87. The molecule has 8 rings (SSSR count). The molecule has 2 aliphatic rings. The number of amides is 3. The molecule has 15 nitrogen and oxygen atoms in total. The Bertz CT molecular complexity index is 3040. The number of fused-ring (bicyclic) bond motifs is 6. The zero-order valence-electron chi connectivity index (χ0n) is 44.2. The number of aliphatic carboxylic acids is 1. The van der Waals surface area contributed by atoms with E-state index >= 15 is 0 Å². The molecule has 77 heavy (non-hydrogen) atoms. The van der Waals surface area contributed by atoms with Gasteiger partial charge in [0.15, 0.2) is 0 Å². The van der Waals surface area contributed by atoms with Gasteiger partial charge in [0.1, 0.15) is 36.5 Å². The Balaban J connectivity index is 0.000000218. The molecule has 2 atom stereocenters. The summed E-state index contributed by atoms with van der Waals surface area (Å²) in [5.41, 5.74) is 15.7. The van der Waals surface area contributed by atoms with Crippen LogP contribution >= 0.6 is 23.2 Å². The number of nitrogen functional groups attached to an aromatic ring is 1. The second kappa shape index (κ2) is 25.8. The number of hydrogen-bond acceptors (Lipinski definition) is 11. The van der Waals surface area contributed by atoms with Gasteiger partial charge in [-0.25, -0.2) is 14.4 Å². The molecule has 0 unspecified atom stereocenters. The molecule has 6 aromatic rings. The number of nitrogens with two attached hydrogens (primary N) is 1. The number of ether oxygens (including phenoxy) is 4. The van der Waals surface area contributed by atoms with Gasteiger partial charge in [-0.15, -0.1) is 0 Å². The Kier molecular flexibility index (Phi) is 19.5. The van der Waals surface area contributed by atoms with E-state index in [1.807, 2.05) is 117 Å². The molecular weight excluding hydrogens is 1020 g/mol. The number of esters is 2. The summed E-state index contributed by atoms with van der Waals surface area (Å²) >= 11 is 11.8. The summed E-state index contributed by atoms with van der Waals surface area (Å²) in [6, 6.07) is 39.6. The van der Waals surface area contributed by atoms with Crippen LogP contribution in [0.4, 0.5) is 21.0 Å². The van der Waals surface area contributed by atoms with Crippen molar-refractivity contribution in [3.8, 4) is 22.3 Å². The number of carbonyl (C=O) groups is 6. The molecule has 6 aromatic carbocycles. The van der Waals surface area contributed by atoms with Gasteiger partial charge in [0.05, 0.1) is 12.8 Å². The monoisotopic (exact) mass is 1090 g/mol. The summed E-state index contributed by atoms with van der Waals surface area (Å²) in [4.78, 5) is 74.1. The molecule has 0 aromatic heterocycles. The van der Waals surface area contributed by atoms with Crippen molar-refractivity contribution in [2.45, 2.75) is 103 Å². The van der Waals surface area contributed by atoms with Gasteiger partial charge in [-0.05, 0) is 147 Å². The molecule has 0 fully saturated rings. The van der Waals surface area contributed by atoms with Crippen LogP contribution in [0.15, 0.2) is 133 Å². The highest BCUT2D eigenvalue weighted by Crippen LogP contribution is 2.46. The molecule has 6 N–H and O–H groups in total. The van der Waals surface area contributed by atoms with Crippen molar-refractivity contribution in [3.05, 3.63) is 177 Å². The number of halogens is 2. The van der Waals surface area contributed by atoms with Gasteiger partial charge < -0.3 is 45.7 Å². The third kappa shape index (κ3) is 16.6. The van der Waals surface area contributed by atoms with E-state index in [0.29, 0.717) is 10.7 Å². The summed E-state index contributed by atoms with van der Waals surface area (Å²) in [6.07, 6.45) is -2.55. The van der Waals surface area contributed by atoms with E-state index in [-0.39, 0.29) is 31.5 Å². The minimum absolute atomic E-state index is 0.0542. The third-order valence-electron chi connectivity index (χ3n) is 12.1. The molecule has 0 bridgehead atoms. The van der Waals surface area contributed by atoms with Crippen LogP contribution in [0.2, 0.25) is 10.0 Å². The fourth-order valence-electron chi connectivity index (χ4n) is 8.69. The highest BCUT2D eigenvalue weighted by Gasteiger charge is 2.33. The summed E-state index contributed by atoms with van der Waals surface area (Å²) < 4.78 is 21.4. The summed E-state index contributed by atoms with van der Waals surface area (Å²) in [6.45, 7) is 14.1. The number of hydrogen-bond donors (Lipinski definition) is 5. The number of benzene rings is 6. The van der Waals surface area contributed by atoms with Crippen LogP contribution in [0.25, 0.3) is 22.3 Å². The molecular formula is C60H64Cl2N4O11. The van der Waals surface area contributed by atoms with Gasteiger partial charge in [0.2, 0.25) is 5.91 Å². The lowest BCUT2D eigenvalue weighted by Crippen LogP contribution is -2.46. The first-order chi connectivity index (χ1) is 36.4. The number of alkyl carbamates (subject to hydrolysis) is 2. The van der Waals surface area contributed by atoms with E-state index in [1.165, 1.54) is 0 Å². The molecule has 0 spiro atoms. The fourth-order valence-corrected chi connectivity index (χ4v) is 8.93. The van der Waals surface area contributed by atoms with Crippen molar-refractivity contribution in [2.24, 2.45) is 0 Å². The number of rotatable bonds is 13. The van der Waals surface area contributed by atoms with E-state index in [4.69, 9.17) is 47.9 Å². The number of carbonyl (C=O) groups excluding carboxylic acids is 5. The Hall–Kier alpha value is -7.88. The van der Waals surface area contributed by atoms with Crippen molar-refractivity contribution in [3.63, 3.8) is 0 Å². The molecule has 0 radical (unpaired) electrons. The number of aryl methyl sites for hydroxylation is 2.